The fourth-order valence-corrected chi connectivity index (χ4v) is 4.28. The lowest BCUT2D eigenvalue weighted by atomic mass is 9.98. The largest absolute Gasteiger partial charge is 0.478 e. The van der Waals surface area contributed by atoms with E-state index in [0.717, 1.165) is 41.0 Å². The van der Waals surface area contributed by atoms with Gasteiger partial charge in [-0.15, -0.1) is 0 Å². The van der Waals surface area contributed by atoms with Gasteiger partial charge in [-0.05, 0) is 60.4 Å². The Labute approximate surface area is 190 Å². The summed E-state index contributed by atoms with van der Waals surface area (Å²) in [6.07, 6.45) is 2.46. The Morgan fingerprint density at radius 2 is 1.94 bits per heavy atom. The highest BCUT2D eigenvalue weighted by Crippen LogP contribution is 2.44. The second kappa shape index (κ2) is 8.41. The van der Waals surface area contributed by atoms with Gasteiger partial charge in [0.2, 0.25) is 5.78 Å². The van der Waals surface area contributed by atoms with Crippen molar-refractivity contribution >= 4 is 23.5 Å². The van der Waals surface area contributed by atoms with Crippen LogP contribution in [0.5, 0.6) is 11.5 Å². The molecule has 2 heterocycles. The topological polar surface area (TPSA) is 38.8 Å². The number of aryl methyl sites for hydroxylation is 1. The van der Waals surface area contributed by atoms with Gasteiger partial charge in [0.25, 0.3) is 0 Å². The van der Waals surface area contributed by atoms with Gasteiger partial charge in [-0.3, -0.25) is 9.69 Å². The van der Waals surface area contributed by atoms with E-state index >= 15 is 0 Å². The van der Waals surface area contributed by atoms with E-state index in [9.17, 15) is 9.18 Å². The molecule has 162 valence electrons. The molecule has 0 N–H and O–H groups in total. The molecule has 6 heteroatoms. The molecular weight excluding hydrogens is 429 g/mol. The Morgan fingerprint density at radius 1 is 1.16 bits per heavy atom. The van der Waals surface area contributed by atoms with Crippen LogP contribution in [0.2, 0.25) is 5.02 Å². The van der Waals surface area contributed by atoms with Gasteiger partial charge in [0.05, 0.1) is 11.1 Å². The first-order valence-electron chi connectivity index (χ1n) is 10.4. The summed E-state index contributed by atoms with van der Waals surface area (Å²) in [5.41, 5.74) is 4.06. The Bertz CT molecular complexity index is 1240. The second-order valence-corrected chi connectivity index (χ2v) is 8.45. The van der Waals surface area contributed by atoms with Crippen LogP contribution < -0.4 is 9.47 Å². The Morgan fingerprint density at radius 3 is 2.72 bits per heavy atom. The number of carbonyl (C=O) groups excluding carboxylic acids is 1. The second-order valence-electron chi connectivity index (χ2n) is 8.04. The monoisotopic (exact) mass is 449 g/mol. The summed E-state index contributed by atoms with van der Waals surface area (Å²) in [6, 6.07) is 15.8. The summed E-state index contributed by atoms with van der Waals surface area (Å²) in [7, 11) is 0. The van der Waals surface area contributed by atoms with Crippen molar-refractivity contribution in [2.75, 3.05) is 13.3 Å². The van der Waals surface area contributed by atoms with Gasteiger partial charge in [0.15, 0.2) is 5.76 Å². The summed E-state index contributed by atoms with van der Waals surface area (Å²) in [6.45, 7) is 3.68. The number of hydrogen-bond acceptors (Lipinski definition) is 4. The number of halogens is 2. The lowest BCUT2D eigenvalue weighted by Crippen LogP contribution is -2.33. The van der Waals surface area contributed by atoms with Gasteiger partial charge in [-0.1, -0.05) is 41.9 Å². The first-order chi connectivity index (χ1) is 15.5. The molecule has 2 aliphatic heterocycles. The number of fused-ring (bicyclic) bond motifs is 3. The van der Waals surface area contributed by atoms with Crippen molar-refractivity contribution in [2.24, 2.45) is 0 Å². The number of ketones is 1. The lowest BCUT2D eigenvalue weighted by Gasteiger charge is -2.30. The molecule has 0 saturated heterocycles. The number of rotatable bonds is 4. The fourth-order valence-electron chi connectivity index (χ4n) is 4.09. The number of carbonyl (C=O) groups is 1. The average molecular weight is 450 g/mol. The predicted molar refractivity (Wildman–Crippen MR) is 122 cm³/mol. The Hall–Kier alpha value is -3.15. The van der Waals surface area contributed by atoms with Gasteiger partial charge in [0, 0.05) is 18.1 Å². The van der Waals surface area contributed by atoms with Gasteiger partial charge in [-0.25, -0.2) is 4.39 Å². The van der Waals surface area contributed by atoms with Gasteiger partial charge in [0.1, 0.15) is 24.0 Å². The van der Waals surface area contributed by atoms with E-state index in [-0.39, 0.29) is 17.4 Å². The van der Waals surface area contributed by atoms with Crippen LogP contribution in [0.15, 0.2) is 60.4 Å². The van der Waals surface area contributed by atoms with Crippen LogP contribution in [0.25, 0.3) is 6.08 Å². The molecule has 5 rings (SSSR count). The molecule has 0 unspecified atom stereocenters. The molecule has 4 nitrogen and oxygen atoms in total. The first-order valence-corrected chi connectivity index (χ1v) is 10.8. The normalized spacial score (nSPS) is 16.5. The molecule has 0 saturated carbocycles. The maximum Gasteiger partial charge on any atom is 0.232 e. The number of nitrogens with zero attached hydrogens (tertiary/aromatic N) is 1. The highest BCUT2D eigenvalue weighted by Gasteiger charge is 2.35. The van der Waals surface area contributed by atoms with E-state index in [0.29, 0.717) is 29.6 Å². The van der Waals surface area contributed by atoms with E-state index in [2.05, 4.69) is 4.90 Å². The molecule has 0 aromatic heterocycles. The van der Waals surface area contributed by atoms with Crippen LogP contribution in [0.3, 0.4) is 0 Å². The van der Waals surface area contributed by atoms with Crippen LogP contribution in [0.4, 0.5) is 4.39 Å². The molecule has 0 amide bonds. The van der Waals surface area contributed by atoms with Crippen molar-refractivity contribution in [2.45, 2.75) is 19.9 Å². The molecule has 0 bridgehead atoms. The zero-order chi connectivity index (χ0) is 22.2. The number of ether oxygens (including phenoxy) is 2. The first kappa shape index (κ1) is 20.7. The van der Waals surface area contributed by atoms with Crippen molar-refractivity contribution in [3.05, 3.63) is 99.0 Å². The summed E-state index contributed by atoms with van der Waals surface area (Å²) < 4.78 is 25.2. The Balaban J connectivity index is 1.40. The summed E-state index contributed by atoms with van der Waals surface area (Å²) in [5, 5.41) is 0.557. The average Bonchev–Trinajstić information content (AvgIpc) is 3.12. The Kier molecular flexibility index (Phi) is 5.45. The molecule has 2 aliphatic rings. The fraction of sp³-hybridized carbons (Fsp3) is 0.192. The van der Waals surface area contributed by atoms with E-state index < -0.39 is 0 Å². The summed E-state index contributed by atoms with van der Waals surface area (Å²) in [4.78, 5) is 15.3. The lowest BCUT2D eigenvalue weighted by molar-refractivity contribution is 0.0949. The van der Waals surface area contributed by atoms with Gasteiger partial charge in [-0.2, -0.15) is 0 Å². The van der Waals surface area contributed by atoms with Crippen molar-refractivity contribution < 1.29 is 18.7 Å². The molecule has 0 radical (unpaired) electrons. The zero-order valence-electron chi connectivity index (χ0n) is 17.5. The quantitative estimate of drug-likeness (QED) is 0.472. The zero-order valence-corrected chi connectivity index (χ0v) is 18.3. The molecule has 0 aliphatic carbocycles. The maximum absolute atomic E-state index is 13.1. The number of allylic oxidation sites excluding steroid dienone is 1. The van der Waals surface area contributed by atoms with Crippen LogP contribution in [-0.4, -0.2) is 24.0 Å². The van der Waals surface area contributed by atoms with E-state index in [1.807, 2.05) is 31.2 Å². The molecule has 0 fully saturated rings. The molecule has 3 aromatic rings. The highest BCUT2D eigenvalue weighted by molar-refractivity contribution is 6.32. The van der Waals surface area contributed by atoms with Gasteiger partial charge >= 0.3 is 0 Å². The van der Waals surface area contributed by atoms with Crippen molar-refractivity contribution in [3.8, 4) is 11.5 Å². The summed E-state index contributed by atoms with van der Waals surface area (Å²) in [5.74, 6) is 1.18. The predicted octanol–water partition coefficient (Wildman–Crippen LogP) is 5.80. The number of Topliss-reactive ketones (excluding diaryl/α,β-unsaturated/α-hetero) is 1. The smallest absolute Gasteiger partial charge is 0.232 e. The van der Waals surface area contributed by atoms with E-state index in [1.165, 1.54) is 12.1 Å². The van der Waals surface area contributed by atoms with Gasteiger partial charge < -0.3 is 9.47 Å². The van der Waals surface area contributed by atoms with E-state index in [4.69, 9.17) is 21.1 Å². The molecular formula is C26H21ClFNO3. The van der Waals surface area contributed by atoms with Crippen molar-refractivity contribution in [1.82, 2.24) is 4.90 Å². The van der Waals surface area contributed by atoms with E-state index in [1.54, 1.807) is 24.3 Å². The SMILES string of the molecule is Cc1cc2c(c3c1C(=O)/C(=C\c1ccccc1Cl)O3)CN(CCc1ccc(F)cc1)CO2. The molecule has 3 aromatic carbocycles. The maximum atomic E-state index is 13.1. The van der Waals surface area contributed by atoms with Crippen molar-refractivity contribution in [3.63, 3.8) is 0 Å². The van der Waals surface area contributed by atoms with Crippen LogP contribution in [-0.2, 0) is 13.0 Å². The summed E-state index contributed by atoms with van der Waals surface area (Å²) >= 11 is 6.26. The van der Waals surface area contributed by atoms with Crippen molar-refractivity contribution in [1.29, 1.82) is 0 Å². The standard InChI is InChI=1S/C26H21ClFNO3/c1-16-12-22-20(14-29(15-31-22)11-10-17-6-8-19(28)9-7-17)26-24(16)25(30)23(32-26)13-18-4-2-3-5-21(18)27/h2-9,12-13H,10-11,14-15H2,1H3/b23-13+. The third-order valence-corrected chi connectivity index (χ3v) is 6.15. The molecule has 32 heavy (non-hydrogen) atoms. The third-order valence-electron chi connectivity index (χ3n) is 5.81. The van der Waals surface area contributed by atoms with Crippen LogP contribution >= 0.6 is 11.6 Å². The molecule has 0 atom stereocenters. The minimum Gasteiger partial charge on any atom is -0.478 e. The highest BCUT2D eigenvalue weighted by atomic mass is 35.5. The van der Waals surface area contributed by atoms with Crippen LogP contribution in [0.1, 0.15) is 32.6 Å². The minimum absolute atomic E-state index is 0.149. The molecule has 0 spiro atoms. The number of hydrogen-bond donors (Lipinski definition) is 0. The number of benzene rings is 3. The minimum atomic E-state index is -0.239. The third kappa shape index (κ3) is 3.90. The van der Waals surface area contributed by atoms with Crippen LogP contribution in [0, 0.1) is 12.7 Å².